The number of ether oxygens (including phenoxy) is 1. The van der Waals surface area contributed by atoms with Crippen molar-refractivity contribution in [2.75, 3.05) is 6.61 Å². The number of allylic oxidation sites excluding steroid dienone is 5. The molecule has 4 aliphatic rings. The molecular formula is C47H52N3O5-. The predicted molar refractivity (Wildman–Crippen MR) is 214 cm³/mol. The van der Waals surface area contributed by atoms with Crippen LogP contribution in [0.25, 0.3) is 0 Å². The van der Waals surface area contributed by atoms with Crippen LogP contribution in [0.15, 0.2) is 95.3 Å². The number of ketones is 1. The van der Waals surface area contributed by atoms with Gasteiger partial charge in [0.15, 0.2) is 17.3 Å². The maximum Gasteiger partial charge on any atom is 0.161 e. The molecule has 286 valence electrons. The summed E-state index contributed by atoms with van der Waals surface area (Å²) in [6, 6.07) is 16.2. The van der Waals surface area contributed by atoms with Gasteiger partial charge >= 0.3 is 0 Å². The van der Waals surface area contributed by atoms with E-state index in [4.69, 9.17) is 16.2 Å². The number of fused-ring (bicyclic) bond motifs is 4. The lowest BCUT2D eigenvalue weighted by molar-refractivity contribution is -0.307. The number of carbonyl (C=O) groups excluding carboxylic acids is 1. The number of nitrogens with two attached hydrogens (primary N) is 2. The summed E-state index contributed by atoms with van der Waals surface area (Å²) in [6.07, 6.45) is 17.4. The SMILES string of the molecule is CCC[C@@H]1CC[C@H]2CC[C@]1(/C=C/C(=O)CCc1ccc(O)c(OCCc3ccc(O)c([C@H]4CC([O-])=C5C=CN=C5CC#Cc5cc(C(N)N)ccc54)c3)c1)C2. The fraction of sp³-hybridized carbons (Fsp3) is 0.404. The molecule has 6 N–H and O–H groups in total. The second kappa shape index (κ2) is 16.7. The Labute approximate surface area is 324 Å². The average Bonchev–Trinajstić information content (AvgIpc) is 3.80. The fourth-order valence-corrected chi connectivity index (χ4v) is 9.24. The van der Waals surface area contributed by atoms with Crippen molar-refractivity contribution in [2.24, 2.45) is 33.7 Å². The molecule has 0 saturated heterocycles. The van der Waals surface area contributed by atoms with Gasteiger partial charge in [0.2, 0.25) is 0 Å². The average molecular weight is 739 g/mol. The Kier molecular flexibility index (Phi) is 11.6. The molecule has 1 heterocycles. The van der Waals surface area contributed by atoms with Crippen molar-refractivity contribution in [1.29, 1.82) is 0 Å². The molecule has 0 radical (unpaired) electrons. The lowest BCUT2D eigenvalue weighted by Crippen LogP contribution is -2.29. The molecule has 1 aliphatic heterocycles. The van der Waals surface area contributed by atoms with Gasteiger partial charge in [-0.1, -0.05) is 68.0 Å². The summed E-state index contributed by atoms with van der Waals surface area (Å²) in [6.45, 7) is 2.52. The van der Waals surface area contributed by atoms with E-state index in [-0.39, 0.29) is 41.5 Å². The summed E-state index contributed by atoms with van der Waals surface area (Å²) >= 11 is 0. The van der Waals surface area contributed by atoms with Gasteiger partial charge in [0, 0.05) is 36.1 Å². The van der Waals surface area contributed by atoms with Gasteiger partial charge in [0.1, 0.15) is 5.75 Å². The number of hydrogen-bond acceptors (Lipinski definition) is 8. The Morgan fingerprint density at radius 2 is 1.85 bits per heavy atom. The first-order valence-corrected chi connectivity index (χ1v) is 19.9. The summed E-state index contributed by atoms with van der Waals surface area (Å²) in [4.78, 5) is 17.4. The molecule has 0 amide bonds. The maximum atomic E-state index is 13.7. The Balaban J connectivity index is 1.03. The van der Waals surface area contributed by atoms with Gasteiger partial charge in [-0.25, -0.2) is 0 Å². The van der Waals surface area contributed by atoms with Gasteiger partial charge in [-0.3, -0.25) is 9.79 Å². The monoisotopic (exact) mass is 738 g/mol. The van der Waals surface area contributed by atoms with E-state index in [1.807, 2.05) is 48.5 Å². The van der Waals surface area contributed by atoms with Crippen LogP contribution in [0.3, 0.4) is 0 Å². The van der Waals surface area contributed by atoms with E-state index >= 15 is 0 Å². The molecule has 0 spiro atoms. The second-order valence-electron chi connectivity index (χ2n) is 15.8. The van der Waals surface area contributed by atoms with Gasteiger partial charge in [-0.2, -0.15) is 0 Å². The van der Waals surface area contributed by atoms with E-state index in [0.29, 0.717) is 59.8 Å². The van der Waals surface area contributed by atoms with Crippen LogP contribution in [0.5, 0.6) is 17.2 Å². The zero-order chi connectivity index (χ0) is 38.5. The zero-order valence-electron chi connectivity index (χ0n) is 31.7. The highest BCUT2D eigenvalue weighted by Crippen LogP contribution is 2.56. The Hall–Kier alpha value is -5.10. The number of nitrogens with zero attached hydrogens (tertiary/aromatic N) is 1. The number of aliphatic imine (C=N–C) groups is 1. The predicted octanol–water partition coefficient (Wildman–Crippen LogP) is 7.55. The van der Waals surface area contributed by atoms with Crippen molar-refractivity contribution in [2.45, 2.75) is 96.1 Å². The molecule has 2 saturated carbocycles. The van der Waals surface area contributed by atoms with Crippen LogP contribution in [-0.4, -0.2) is 28.3 Å². The molecule has 8 heteroatoms. The third-order valence-electron chi connectivity index (χ3n) is 12.3. The fourth-order valence-electron chi connectivity index (χ4n) is 9.24. The molecule has 0 unspecified atom stereocenters. The summed E-state index contributed by atoms with van der Waals surface area (Å²) < 4.78 is 6.09. The number of aromatic hydroxyl groups is 2. The first-order valence-electron chi connectivity index (χ1n) is 19.9. The summed E-state index contributed by atoms with van der Waals surface area (Å²) in [7, 11) is 0. The molecule has 8 nitrogen and oxygen atoms in total. The topological polar surface area (TPSA) is 154 Å². The van der Waals surface area contributed by atoms with Crippen LogP contribution in [0.2, 0.25) is 0 Å². The highest BCUT2D eigenvalue weighted by atomic mass is 16.5. The van der Waals surface area contributed by atoms with E-state index in [9.17, 15) is 20.1 Å². The van der Waals surface area contributed by atoms with Crippen molar-refractivity contribution in [3.63, 3.8) is 0 Å². The van der Waals surface area contributed by atoms with Crippen LogP contribution >= 0.6 is 0 Å². The van der Waals surface area contributed by atoms with Gasteiger partial charge in [-0.05, 0) is 126 Å². The van der Waals surface area contributed by atoms with Crippen LogP contribution in [0.1, 0.15) is 117 Å². The van der Waals surface area contributed by atoms with Gasteiger partial charge < -0.3 is 31.5 Å². The molecule has 4 atom stereocenters. The second-order valence-corrected chi connectivity index (χ2v) is 15.8. The molecule has 55 heavy (non-hydrogen) atoms. The number of aryl methyl sites for hydroxylation is 1. The zero-order valence-corrected chi connectivity index (χ0v) is 31.7. The standard InChI is InChI=1S/C47H53N3O5/c1-2-4-35-12-7-32-17-21-47(35,29-32)22-18-36(51)13-8-30-10-16-43(53)45(26-30)55-24-20-31-9-15-42(52)40(25-31)39-28-44(54)38-19-23-50-41(38)6-3-5-33-27-34(46(48)49)11-14-37(33)39/h9-11,14-16,18-19,22-23,25-27,32,35,39,46,52-54H,2,4,6-8,12-13,17,20-21,24,28-29,48-49H2,1H3/p-1/b22-18+,44-38?/t32-,35+,39-,47-/m0/s1. The summed E-state index contributed by atoms with van der Waals surface area (Å²) in [5.41, 5.74) is 18.0. The lowest BCUT2D eigenvalue weighted by atomic mass is 9.66. The van der Waals surface area contributed by atoms with Crippen LogP contribution in [0.4, 0.5) is 0 Å². The van der Waals surface area contributed by atoms with Crippen LogP contribution < -0.4 is 21.3 Å². The van der Waals surface area contributed by atoms with Crippen LogP contribution in [0, 0.1) is 29.1 Å². The molecule has 2 bridgehead atoms. The van der Waals surface area contributed by atoms with E-state index in [1.165, 1.54) is 44.9 Å². The molecular weight excluding hydrogens is 687 g/mol. The van der Waals surface area contributed by atoms with E-state index in [1.54, 1.807) is 24.4 Å². The first kappa shape index (κ1) is 38.2. The first-order chi connectivity index (χ1) is 26.6. The molecule has 3 aromatic carbocycles. The van der Waals surface area contributed by atoms with Gasteiger partial charge in [0.05, 0.1) is 24.9 Å². The number of phenolic OH excluding ortho intramolecular Hbond substituents is 2. The molecule has 0 aromatic heterocycles. The van der Waals surface area contributed by atoms with Crippen molar-refractivity contribution in [3.8, 4) is 29.1 Å². The lowest BCUT2D eigenvalue weighted by Gasteiger charge is -2.39. The highest BCUT2D eigenvalue weighted by Gasteiger charge is 2.46. The molecule has 3 aliphatic carbocycles. The van der Waals surface area contributed by atoms with Crippen molar-refractivity contribution in [1.82, 2.24) is 0 Å². The highest BCUT2D eigenvalue weighted by molar-refractivity contribution is 6.06. The smallest absolute Gasteiger partial charge is 0.161 e. The quantitative estimate of drug-likeness (QED) is 0.0802. The minimum absolute atomic E-state index is 0.0335. The number of phenols is 2. The summed E-state index contributed by atoms with van der Waals surface area (Å²) in [5, 5.41) is 35.6. The van der Waals surface area contributed by atoms with Crippen molar-refractivity contribution < 1.29 is 24.9 Å². The number of rotatable bonds is 13. The van der Waals surface area contributed by atoms with E-state index < -0.39 is 12.1 Å². The molecule has 2 fully saturated rings. The van der Waals surface area contributed by atoms with Crippen molar-refractivity contribution >= 4 is 11.5 Å². The third-order valence-corrected chi connectivity index (χ3v) is 12.3. The number of benzene rings is 3. The third kappa shape index (κ3) is 8.59. The van der Waals surface area contributed by atoms with E-state index in [2.05, 4.69) is 29.8 Å². The minimum atomic E-state index is -0.688. The van der Waals surface area contributed by atoms with Gasteiger partial charge in [0.25, 0.3) is 0 Å². The summed E-state index contributed by atoms with van der Waals surface area (Å²) in [5.74, 6) is 7.94. The molecule has 3 aromatic rings. The maximum absolute atomic E-state index is 13.7. The van der Waals surface area contributed by atoms with Crippen LogP contribution in [-0.2, 0) is 17.6 Å². The van der Waals surface area contributed by atoms with E-state index in [0.717, 1.165) is 28.2 Å². The number of carbonyl (C=O) groups is 1. The normalized spacial score (nSPS) is 23.0. The largest absolute Gasteiger partial charge is 0.875 e. The molecule has 7 rings (SSSR count). The minimum Gasteiger partial charge on any atom is -0.875 e. The Bertz CT molecular complexity index is 2120. The van der Waals surface area contributed by atoms with Crippen molar-refractivity contribution in [3.05, 3.63) is 124 Å². The van der Waals surface area contributed by atoms with Gasteiger partial charge in [-0.15, -0.1) is 5.76 Å². The Morgan fingerprint density at radius 3 is 2.67 bits per heavy atom. The number of hydrogen-bond donors (Lipinski definition) is 4. The Morgan fingerprint density at radius 1 is 1.04 bits per heavy atom.